The van der Waals surface area contributed by atoms with E-state index in [-0.39, 0.29) is 0 Å². The number of hydrogen-bond donors (Lipinski definition) is 0. The maximum atomic E-state index is 5.53. The van der Waals surface area contributed by atoms with Crippen LogP contribution < -0.4 is 0 Å². The molecule has 6 nitrogen and oxygen atoms in total. The highest BCUT2D eigenvalue weighted by atomic mass is 16.6. The van der Waals surface area contributed by atoms with Crippen LogP contribution in [0.1, 0.15) is 32.6 Å². The van der Waals surface area contributed by atoms with Crippen LogP contribution in [0.4, 0.5) is 0 Å². The third kappa shape index (κ3) is 5.64. The van der Waals surface area contributed by atoms with E-state index in [4.69, 9.17) is 18.9 Å². The van der Waals surface area contributed by atoms with Crippen molar-refractivity contribution >= 4 is 0 Å². The Morgan fingerprint density at radius 3 is 1.38 bits per heavy atom. The van der Waals surface area contributed by atoms with Gasteiger partial charge < -0.3 is 18.9 Å². The Kier molecular flexibility index (Phi) is 5.71. The highest BCUT2D eigenvalue weighted by molar-refractivity contribution is 4.89. The van der Waals surface area contributed by atoms with Gasteiger partial charge in [-0.2, -0.15) is 0 Å². The van der Waals surface area contributed by atoms with E-state index in [9.17, 15) is 0 Å². The van der Waals surface area contributed by atoms with Crippen molar-refractivity contribution in [2.45, 2.75) is 63.2 Å². The molecule has 0 bridgehead atoms. The molecule has 0 aromatic heterocycles. The second kappa shape index (κ2) is 7.98. The molecule has 0 N–H and O–H groups in total. The van der Waals surface area contributed by atoms with Gasteiger partial charge in [-0.15, -0.1) is 0 Å². The number of rotatable bonds is 14. The lowest BCUT2D eigenvalue weighted by atomic mass is 10.1. The van der Waals surface area contributed by atoms with Crippen LogP contribution in [0.3, 0.4) is 0 Å². The van der Waals surface area contributed by atoms with Crippen molar-refractivity contribution in [2.24, 2.45) is 0 Å². The molecule has 4 heterocycles. The normalized spacial score (nSPS) is 34.6. The fourth-order valence-corrected chi connectivity index (χ4v) is 3.55. The fraction of sp³-hybridized carbons (Fsp3) is 1.00. The maximum absolute atomic E-state index is 5.53. The Bertz CT molecular complexity index is 334. The lowest BCUT2D eigenvalue weighted by Crippen LogP contribution is -2.53. The maximum Gasteiger partial charge on any atom is 0.0937 e. The summed E-state index contributed by atoms with van der Waals surface area (Å²) in [5.74, 6) is 0. The number of nitrogens with zero attached hydrogens (tertiary/aromatic N) is 2. The molecule has 4 fully saturated rings. The third-order valence-corrected chi connectivity index (χ3v) is 5.27. The van der Waals surface area contributed by atoms with E-state index in [0.717, 1.165) is 52.6 Å². The molecule has 0 radical (unpaired) electrons. The fourth-order valence-electron chi connectivity index (χ4n) is 3.55. The molecule has 4 atom stereocenters. The SMILES string of the molecule is CCCCCC(N(CC1CO1)CC1CO1)N(CC1CO1)CC1CO1. The molecule has 4 aliphatic rings. The summed E-state index contributed by atoms with van der Waals surface area (Å²) in [6.45, 7) is 10.1. The summed E-state index contributed by atoms with van der Waals surface area (Å²) >= 11 is 0. The molecule has 0 aliphatic carbocycles. The van der Waals surface area contributed by atoms with Gasteiger partial charge in [0.1, 0.15) is 0 Å². The quantitative estimate of drug-likeness (QED) is 0.268. The van der Waals surface area contributed by atoms with E-state index in [1.807, 2.05) is 0 Å². The Balaban J connectivity index is 1.42. The molecule has 0 amide bonds. The lowest BCUT2D eigenvalue weighted by molar-refractivity contribution is 0.0166. The molecule has 0 spiro atoms. The van der Waals surface area contributed by atoms with Crippen molar-refractivity contribution in [3.8, 4) is 0 Å². The smallest absolute Gasteiger partial charge is 0.0937 e. The number of unbranched alkanes of at least 4 members (excludes halogenated alkanes) is 2. The van der Waals surface area contributed by atoms with Crippen molar-refractivity contribution in [2.75, 3.05) is 52.6 Å². The van der Waals surface area contributed by atoms with Gasteiger partial charge in [0.15, 0.2) is 0 Å². The third-order valence-electron chi connectivity index (χ3n) is 5.27. The van der Waals surface area contributed by atoms with Gasteiger partial charge in [-0.25, -0.2) is 0 Å². The predicted molar refractivity (Wildman–Crippen MR) is 90.0 cm³/mol. The van der Waals surface area contributed by atoms with E-state index in [1.54, 1.807) is 0 Å². The van der Waals surface area contributed by atoms with Gasteiger partial charge in [-0.1, -0.05) is 26.2 Å². The summed E-state index contributed by atoms with van der Waals surface area (Å²) < 4.78 is 22.1. The minimum Gasteiger partial charge on any atom is -0.372 e. The largest absolute Gasteiger partial charge is 0.372 e. The minimum absolute atomic E-state index is 0.425. The molecule has 6 heteroatoms. The van der Waals surface area contributed by atoms with Gasteiger partial charge in [0, 0.05) is 26.2 Å². The lowest BCUT2D eigenvalue weighted by Gasteiger charge is -2.39. The van der Waals surface area contributed by atoms with Crippen molar-refractivity contribution in [1.82, 2.24) is 9.80 Å². The van der Waals surface area contributed by atoms with Crippen LogP contribution in [0.25, 0.3) is 0 Å². The summed E-state index contributed by atoms with van der Waals surface area (Å²) in [7, 11) is 0. The molecular weight excluding hydrogens is 308 g/mol. The van der Waals surface area contributed by atoms with E-state index in [1.165, 1.54) is 25.7 Å². The van der Waals surface area contributed by atoms with Gasteiger partial charge in [0.2, 0.25) is 0 Å². The number of ether oxygens (including phenoxy) is 4. The zero-order valence-corrected chi connectivity index (χ0v) is 14.9. The van der Waals surface area contributed by atoms with Gasteiger partial charge in [-0.3, -0.25) is 9.80 Å². The second-order valence-corrected chi connectivity index (χ2v) is 7.71. The number of epoxide rings is 4. The first-order chi connectivity index (χ1) is 11.8. The van der Waals surface area contributed by atoms with Crippen molar-refractivity contribution < 1.29 is 18.9 Å². The minimum atomic E-state index is 0.425. The Morgan fingerprint density at radius 1 is 0.708 bits per heavy atom. The summed E-state index contributed by atoms with van der Waals surface area (Å²) in [6, 6.07) is 0. The summed E-state index contributed by atoms with van der Waals surface area (Å²) in [5, 5.41) is 0. The van der Waals surface area contributed by atoms with Crippen molar-refractivity contribution in [1.29, 1.82) is 0 Å². The van der Waals surface area contributed by atoms with E-state index in [2.05, 4.69) is 16.7 Å². The van der Waals surface area contributed by atoms with Gasteiger partial charge >= 0.3 is 0 Å². The van der Waals surface area contributed by atoms with E-state index >= 15 is 0 Å². The monoisotopic (exact) mass is 340 g/mol. The standard InChI is InChI=1S/C18H32N2O4/c1-2-3-4-5-18(19(6-14-10-21-14)7-15-11-22-15)20(8-16-12-23-16)9-17-13-24-17/h14-18H,2-13H2,1H3. The summed E-state index contributed by atoms with van der Waals surface area (Å²) in [6.07, 6.45) is 7.22. The molecule has 24 heavy (non-hydrogen) atoms. The molecule has 4 saturated heterocycles. The van der Waals surface area contributed by atoms with Gasteiger partial charge in [0.25, 0.3) is 0 Å². The van der Waals surface area contributed by atoms with Crippen LogP contribution in [-0.2, 0) is 18.9 Å². The van der Waals surface area contributed by atoms with E-state index in [0.29, 0.717) is 30.6 Å². The predicted octanol–water partition coefficient (Wildman–Crippen LogP) is 1.09. The van der Waals surface area contributed by atoms with Crippen LogP contribution in [0.15, 0.2) is 0 Å². The number of hydrogen-bond acceptors (Lipinski definition) is 6. The van der Waals surface area contributed by atoms with Crippen molar-refractivity contribution in [3.05, 3.63) is 0 Å². The summed E-state index contributed by atoms with van der Waals surface area (Å²) in [5.41, 5.74) is 0. The Labute approximate surface area is 145 Å². The van der Waals surface area contributed by atoms with Crippen molar-refractivity contribution in [3.63, 3.8) is 0 Å². The van der Waals surface area contributed by atoms with E-state index < -0.39 is 0 Å². The zero-order valence-electron chi connectivity index (χ0n) is 14.9. The first kappa shape index (κ1) is 17.2. The van der Waals surface area contributed by atoms with Crippen LogP contribution >= 0.6 is 0 Å². The summed E-state index contributed by atoms with van der Waals surface area (Å²) in [4.78, 5) is 5.24. The molecule has 4 unspecified atom stereocenters. The average molecular weight is 340 g/mol. The highest BCUT2D eigenvalue weighted by Crippen LogP contribution is 2.26. The first-order valence-corrected chi connectivity index (χ1v) is 9.76. The van der Waals surface area contributed by atoms with Crippen LogP contribution in [0.2, 0.25) is 0 Å². The van der Waals surface area contributed by atoms with Crippen LogP contribution in [0, 0.1) is 0 Å². The Morgan fingerprint density at radius 2 is 1.08 bits per heavy atom. The molecule has 138 valence electrons. The molecule has 4 rings (SSSR count). The molecule has 0 aromatic carbocycles. The van der Waals surface area contributed by atoms with Crippen LogP contribution in [0.5, 0.6) is 0 Å². The van der Waals surface area contributed by atoms with Crippen LogP contribution in [-0.4, -0.2) is 93.0 Å². The Hall–Kier alpha value is -0.240. The first-order valence-electron chi connectivity index (χ1n) is 9.76. The zero-order chi connectivity index (χ0) is 16.4. The molecule has 0 aromatic rings. The van der Waals surface area contributed by atoms with Gasteiger partial charge in [0.05, 0.1) is 57.0 Å². The average Bonchev–Trinajstić information content (AvgIpc) is 3.41. The highest BCUT2D eigenvalue weighted by Gasteiger charge is 2.39. The van der Waals surface area contributed by atoms with Gasteiger partial charge in [-0.05, 0) is 6.42 Å². The molecule has 0 saturated carbocycles. The molecule has 4 aliphatic heterocycles. The topological polar surface area (TPSA) is 56.6 Å². The molecular formula is C18H32N2O4. The second-order valence-electron chi connectivity index (χ2n) is 7.71.